The Morgan fingerprint density at radius 1 is 1.13 bits per heavy atom. The molecule has 0 saturated carbocycles. The Kier molecular flexibility index (Phi) is 5.95. The second-order valence-electron chi connectivity index (χ2n) is 10.7. The smallest absolute Gasteiger partial charge is 0.141 e. The predicted molar refractivity (Wildman–Crippen MR) is 121 cm³/mol. The van der Waals surface area contributed by atoms with Gasteiger partial charge in [-0.15, -0.1) is 0 Å². The van der Waals surface area contributed by atoms with E-state index < -0.39 is 0 Å². The number of aromatic nitrogens is 2. The van der Waals surface area contributed by atoms with Gasteiger partial charge >= 0.3 is 0 Å². The van der Waals surface area contributed by atoms with Crippen LogP contribution in [0.15, 0.2) is 36.7 Å². The highest BCUT2D eigenvalue weighted by Gasteiger charge is 2.51. The molecule has 0 radical (unpaired) electrons. The maximum atomic E-state index is 13.3. The summed E-state index contributed by atoms with van der Waals surface area (Å²) in [6, 6.07) is 7.64. The van der Waals surface area contributed by atoms with Gasteiger partial charge in [0.05, 0.1) is 17.9 Å². The molecule has 0 amide bonds. The SMILES string of the molecule is Cc1ccc(C(C)(C)N2CC[C@](CCc3ccc(F)cn3)(C3CCC(C)(C)O3)C2)cn1. The number of likely N-dealkylation sites (tertiary alicyclic amines) is 1. The summed E-state index contributed by atoms with van der Waals surface area (Å²) in [5.41, 5.74) is 3.18. The van der Waals surface area contributed by atoms with E-state index in [0.29, 0.717) is 0 Å². The third-order valence-corrected chi connectivity index (χ3v) is 7.61. The second-order valence-corrected chi connectivity index (χ2v) is 10.7. The third-order valence-electron chi connectivity index (χ3n) is 7.61. The van der Waals surface area contributed by atoms with Gasteiger partial charge in [-0.25, -0.2) is 4.39 Å². The number of rotatable bonds is 6. The van der Waals surface area contributed by atoms with Crippen molar-refractivity contribution >= 4 is 0 Å². The van der Waals surface area contributed by atoms with E-state index in [1.165, 1.54) is 17.8 Å². The minimum absolute atomic E-state index is 0.0599. The van der Waals surface area contributed by atoms with Gasteiger partial charge in [-0.3, -0.25) is 14.9 Å². The van der Waals surface area contributed by atoms with Crippen LogP contribution in [0, 0.1) is 18.2 Å². The second kappa shape index (κ2) is 8.25. The molecule has 2 aromatic heterocycles. The maximum absolute atomic E-state index is 13.3. The Morgan fingerprint density at radius 2 is 1.94 bits per heavy atom. The quantitative estimate of drug-likeness (QED) is 0.618. The van der Waals surface area contributed by atoms with Crippen LogP contribution in [0.2, 0.25) is 0 Å². The van der Waals surface area contributed by atoms with E-state index in [2.05, 4.69) is 54.7 Å². The van der Waals surface area contributed by atoms with Crippen molar-refractivity contribution in [2.24, 2.45) is 5.41 Å². The minimum atomic E-state index is -0.278. The summed E-state index contributed by atoms with van der Waals surface area (Å²) in [5.74, 6) is -0.278. The van der Waals surface area contributed by atoms with E-state index >= 15 is 0 Å². The molecular weight excluding hydrogens is 389 g/mol. The van der Waals surface area contributed by atoms with Crippen LogP contribution in [0.5, 0.6) is 0 Å². The van der Waals surface area contributed by atoms with Gasteiger partial charge in [0.15, 0.2) is 0 Å². The average molecular weight is 426 g/mol. The fourth-order valence-electron chi connectivity index (χ4n) is 5.36. The first kappa shape index (κ1) is 22.3. The fourth-order valence-corrected chi connectivity index (χ4v) is 5.36. The number of halogens is 1. The van der Waals surface area contributed by atoms with Gasteiger partial charge in [-0.05, 0) is 97.0 Å². The van der Waals surface area contributed by atoms with Gasteiger partial charge in [0, 0.05) is 35.1 Å². The van der Waals surface area contributed by atoms with Gasteiger partial charge in [0.1, 0.15) is 5.82 Å². The van der Waals surface area contributed by atoms with Crippen molar-refractivity contribution in [3.05, 3.63) is 59.4 Å². The van der Waals surface area contributed by atoms with E-state index in [4.69, 9.17) is 4.74 Å². The number of hydrogen-bond acceptors (Lipinski definition) is 4. The molecule has 4 rings (SSSR count). The fraction of sp³-hybridized carbons (Fsp3) is 0.615. The van der Waals surface area contributed by atoms with E-state index in [1.807, 2.05) is 19.2 Å². The Balaban J connectivity index is 1.56. The third kappa shape index (κ3) is 4.68. The van der Waals surface area contributed by atoms with Gasteiger partial charge in [0.2, 0.25) is 0 Å². The van der Waals surface area contributed by atoms with Crippen molar-refractivity contribution in [2.75, 3.05) is 13.1 Å². The molecule has 2 aliphatic heterocycles. The number of aryl methyl sites for hydroxylation is 2. The molecule has 2 fully saturated rings. The molecule has 5 heteroatoms. The zero-order valence-corrected chi connectivity index (χ0v) is 19.6. The number of nitrogens with zero attached hydrogens (tertiary/aromatic N) is 3. The van der Waals surface area contributed by atoms with Crippen LogP contribution in [-0.4, -0.2) is 39.7 Å². The van der Waals surface area contributed by atoms with Gasteiger partial charge in [-0.2, -0.15) is 0 Å². The molecule has 0 spiro atoms. The van der Waals surface area contributed by atoms with Gasteiger partial charge in [-0.1, -0.05) is 6.07 Å². The maximum Gasteiger partial charge on any atom is 0.141 e. The summed E-state index contributed by atoms with van der Waals surface area (Å²) in [7, 11) is 0. The van der Waals surface area contributed by atoms with E-state index in [0.717, 1.165) is 56.6 Å². The summed E-state index contributed by atoms with van der Waals surface area (Å²) >= 11 is 0. The monoisotopic (exact) mass is 425 g/mol. The predicted octanol–water partition coefficient (Wildman–Crippen LogP) is 5.44. The van der Waals surface area contributed by atoms with Crippen LogP contribution in [0.25, 0.3) is 0 Å². The summed E-state index contributed by atoms with van der Waals surface area (Å²) in [5, 5.41) is 0. The summed E-state index contributed by atoms with van der Waals surface area (Å²) < 4.78 is 19.9. The molecule has 2 atom stereocenters. The van der Waals surface area contributed by atoms with Crippen LogP contribution in [0.4, 0.5) is 4.39 Å². The van der Waals surface area contributed by atoms with Crippen molar-refractivity contribution in [3.8, 4) is 0 Å². The van der Waals surface area contributed by atoms with Crippen LogP contribution < -0.4 is 0 Å². The number of hydrogen-bond donors (Lipinski definition) is 0. The molecule has 31 heavy (non-hydrogen) atoms. The zero-order valence-electron chi connectivity index (χ0n) is 19.6. The molecule has 4 heterocycles. The van der Waals surface area contributed by atoms with Crippen molar-refractivity contribution in [2.45, 2.75) is 84.0 Å². The largest absolute Gasteiger partial charge is 0.372 e. The lowest BCUT2D eigenvalue weighted by Crippen LogP contribution is -2.45. The van der Waals surface area contributed by atoms with E-state index in [-0.39, 0.29) is 28.5 Å². The van der Waals surface area contributed by atoms with Crippen molar-refractivity contribution in [1.29, 1.82) is 0 Å². The highest BCUT2D eigenvalue weighted by molar-refractivity contribution is 5.22. The van der Waals surface area contributed by atoms with Crippen LogP contribution in [0.3, 0.4) is 0 Å². The molecule has 0 aliphatic carbocycles. The standard InChI is InChI=1S/C26H36FN3O/c1-19-6-7-20(16-28-19)25(4,5)30-15-14-26(18-30,23-11-12-24(2,3)31-23)13-10-22-9-8-21(27)17-29-22/h6-9,16-17,23H,10-15,18H2,1-5H3/t23?,26-/m0/s1. The summed E-state index contributed by atoms with van der Waals surface area (Å²) in [4.78, 5) is 11.5. The molecule has 2 aliphatic rings. The van der Waals surface area contributed by atoms with Crippen LogP contribution in [-0.2, 0) is 16.7 Å². The van der Waals surface area contributed by atoms with Gasteiger partial charge in [0.25, 0.3) is 0 Å². The average Bonchev–Trinajstić information content (AvgIpc) is 3.33. The zero-order chi connectivity index (χ0) is 22.3. The lowest BCUT2D eigenvalue weighted by atomic mass is 9.75. The first-order valence-corrected chi connectivity index (χ1v) is 11.6. The first-order valence-electron chi connectivity index (χ1n) is 11.6. The molecule has 4 nitrogen and oxygen atoms in total. The summed E-state index contributed by atoms with van der Waals surface area (Å²) in [6.45, 7) is 13.1. The number of pyridine rings is 2. The van der Waals surface area contributed by atoms with Crippen LogP contribution >= 0.6 is 0 Å². The molecular formula is C26H36FN3O. The van der Waals surface area contributed by atoms with E-state index in [1.54, 1.807) is 0 Å². The Hall–Kier alpha value is -1.85. The summed E-state index contributed by atoms with van der Waals surface area (Å²) in [6.07, 6.45) is 8.76. The molecule has 0 aromatic carbocycles. The normalized spacial score (nSPS) is 26.5. The number of ether oxygens (including phenoxy) is 1. The van der Waals surface area contributed by atoms with Crippen molar-refractivity contribution in [3.63, 3.8) is 0 Å². The minimum Gasteiger partial charge on any atom is -0.372 e. The lowest BCUT2D eigenvalue weighted by molar-refractivity contribution is -0.0789. The Labute approximate surface area is 186 Å². The molecule has 0 N–H and O–H groups in total. The lowest BCUT2D eigenvalue weighted by Gasteiger charge is -2.40. The van der Waals surface area contributed by atoms with Crippen molar-refractivity contribution in [1.82, 2.24) is 14.9 Å². The Bertz CT molecular complexity index is 894. The van der Waals surface area contributed by atoms with Gasteiger partial charge < -0.3 is 4.74 Å². The first-order chi connectivity index (χ1) is 14.6. The van der Waals surface area contributed by atoms with Crippen LogP contribution in [0.1, 0.15) is 70.3 Å². The molecule has 168 valence electrons. The molecule has 2 saturated heterocycles. The van der Waals surface area contributed by atoms with Crippen molar-refractivity contribution < 1.29 is 9.13 Å². The topological polar surface area (TPSA) is 38.2 Å². The molecule has 2 aromatic rings. The van der Waals surface area contributed by atoms with E-state index in [9.17, 15) is 4.39 Å². The Morgan fingerprint density at radius 3 is 2.55 bits per heavy atom. The highest BCUT2D eigenvalue weighted by atomic mass is 19.1. The molecule has 1 unspecified atom stereocenters. The highest BCUT2D eigenvalue weighted by Crippen LogP contribution is 2.49. The molecule has 0 bridgehead atoms.